The van der Waals surface area contributed by atoms with Crippen molar-refractivity contribution in [1.82, 2.24) is 5.01 Å². The van der Waals surface area contributed by atoms with Gasteiger partial charge in [-0.15, -0.1) is 5.10 Å². The number of carbonyl (C=O) groups is 1. The lowest BCUT2D eigenvalue weighted by molar-refractivity contribution is -0.135. The lowest BCUT2D eigenvalue weighted by Crippen LogP contribution is -2.25. The Labute approximate surface area is 146 Å². The second-order valence-corrected chi connectivity index (χ2v) is 6.51. The molecule has 0 N–H and O–H groups in total. The molecule has 2 aromatic rings. The minimum atomic E-state index is -0.558. The minimum Gasteiger partial charge on any atom is -0.446 e. The van der Waals surface area contributed by atoms with Gasteiger partial charge in [-0.3, -0.25) is 4.79 Å². The summed E-state index contributed by atoms with van der Waals surface area (Å²) < 4.78 is 5.96. The molecule has 1 atom stereocenters. The van der Waals surface area contributed by atoms with Crippen molar-refractivity contribution in [2.24, 2.45) is 5.10 Å². The summed E-state index contributed by atoms with van der Waals surface area (Å²) in [7, 11) is 0. The van der Waals surface area contributed by atoms with Crippen LogP contribution in [0.4, 0.5) is 0 Å². The molecule has 2 aromatic carbocycles. The Hall–Kier alpha value is -2.33. The highest BCUT2D eigenvalue weighted by molar-refractivity contribution is 6.31. The Balaban J connectivity index is 1.90. The molecule has 0 bridgehead atoms. The van der Waals surface area contributed by atoms with Gasteiger partial charge < -0.3 is 4.74 Å². The molecule has 0 radical (unpaired) electrons. The Morgan fingerprint density at radius 1 is 1.21 bits per heavy atom. The molecule has 1 aliphatic heterocycles. The van der Waals surface area contributed by atoms with E-state index in [4.69, 9.17) is 16.3 Å². The average molecular weight is 343 g/mol. The quantitative estimate of drug-likeness (QED) is 0.811. The number of hydrazone groups is 1. The van der Waals surface area contributed by atoms with E-state index in [1.807, 2.05) is 24.3 Å². The van der Waals surface area contributed by atoms with Gasteiger partial charge in [0, 0.05) is 23.1 Å². The van der Waals surface area contributed by atoms with Crippen molar-refractivity contribution in [3.05, 3.63) is 70.2 Å². The van der Waals surface area contributed by atoms with E-state index in [1.54, 1.807) is 12.1 Å². The fourth-order valence-corrected chi connectivity index (χ4v) is 2.76. The van der Waals surface area contributed by atoms with E-state index >= 15 is 0 Å². The maximum absolute atomic E-state index is 12.0. The van der Waals surface area contributed by atoms with Gasteiger partial charge in [-0.05, 0) is 29.7 Å². The van der Waals surface area contributed by atoms with Gasteiger partial charge in [0.05, 0.1) is 0 Å². The first-order valence-corrected chi connectivity index (χ1v) is 8.24. The van der Waals surface area contributed by atoms with Crippen LogP contribution in [0.25, 0.3) is 0 Å². The standard InChI is InChI=1S/C19H19ClN2O2/c1-12(2)14-7-9-15(10-8-14)19-22(13(3)23)21-18(24-19)16-5-4-6-17(20)11-16/h4-12,19H,1-3H3/t19-/m0/s1. The zero-order valence-electron chi connectivity index (χ0n) is 13.9. The van der Waals surface area contributed by atoms with Crippen molar-refractivity contribution in [1.29, 1.82) is 0 Å². The average Bonchev–Trinajstić information content (AvgIpc) is 3.00. The van der Waals surface area contributed by atoms with Gasteiger partial charge in [0.2, 0.25) is 18.0 Å². The number of hydrogen-bond donors (Lipinski definition) is 0. The third-order valence-electron chi connectivity index (χ3n) is 3.93. The van der Waals surface area contributed by atoms with Crippen LogP contribution in [-0.4, -0.2) is 16.8 Å². The van der Waals surface area contributed by atoms with E-state index < -0.39 is 6.23 Å². The molecule has 1 aliphatic rings. The summed E-state index contributed by atoms with van der Waals surface area (Å²) in [5.41, 5.74) is 2.87. The number of ether oxygens (including phenoxy) is 1. The molecule has 0 fully saturated rings. The third kappa shape index (κ3) is 3.29. The van der Waals surface area contributed by atoms with Crippen LogP contribution in [0.3, 0.4) is 0 Å². The molecule has 4 nitrogen and oxygen atoms in total. The fourth-order valence-electron chi connectivity index (χ4n) is 2.57. The van der Waals surface area contributed by atoms with Crippen LogP contribution in [0, 0.1) is 0 Å². The van der Waals surface area contributed by atoms with Crippen LogP contribution >= 0.6 is 11.6 Å². The summed E-state index contributed by atoms with van der Waals surface area (Å²) in [6, 6.07) is 15.3. The fraction of sp³-hybridized carbons (Fsp3) is 0.263. The van der Waals surface area contributed by atoms with E-state index in [9.17, 15) is 4.79 Å². The molecule has 0 aliphatic carbocycles. The Kier molecular flexibility index (Phi) is 4.58. The van der Waals surface area contributed by atoms with Crippen molar-refractivity contribution in [2.75, 3.05) is 0 Å². The molecule has 1 heterocycles. The smallest absolute Gasteiger partial charge is 0.243 e. The highest BCUT2D eigenvalue weighted by Gasteiger charge is 2.33. The van der Waals surface area contributed by atoms with Gasteiger partial charge in [0.15, 0.2) is 0 Å². The summed E-state index contributed by atoms with van der Waals surface area (Å²) in [6.45, 7) is 5.76. The molecular weight excluding hydrogens is 324 g/mol. The van der Waals surface area contributed by atoms with E-state index in [2.05, 4.69) is 31.1 Å². The van der Waals surface area contributed by atoms with E-state index in [0.717, 1.165) is 11.1 Å². The van der Waals surface area contributed by atoms with Gasteiger partial charge in [0.25, 0.3) is 0 Å². The molecular formula is C19H19ClN2O2. The number of amides is 1. The van der Waals surface area contributed by atoms with Crippen LogP contribution in [0.15, 0.2) is 53.6 Å². The molecule has 124 valence electrons. The molecule has 24 heavy (non-hydrogen) atoms. The lowest BCUT2D eigenvalue weighted by Gasteiger charge is -2.19. The maximum Gasteiger partial charge on any atom is 0.243 e. The van der Waals surface area contributed by atoms with Crippen molar-refractivity contribution >= 4 is 23.4 Å². The first-order chi connectivity index (χ1) is 11.5. The van der Waals surface area contributed by atoms with Crippen molar-refractivity contribution in [3.63, 3.8) is 0 Å². The molecule has 0 unspecified atom stereocenters. The molecule has 1 amide bonds. The van der Waals surface area contributed by atoms with Crippen LogP contribution in [0.2, 0.25) is 5.02 Å². The third-order valence-corrected chi connectivity index (χ3v) is 4.16. The largest absolute Gasteiger partial charge is 0.446 e. The number of rotatable bonds is 3. The molecule has 0 spiro atoms. The summed E-state index contributed by atoms with van der Waals surface area (Å²) >= 11 is 6.03. The van der Waals surface area contributed by atoms with E-state index in [1.165, 1.54) is 17.5 Å². The SMILES string of the molecule is CC(=O)N1N=C(c2cccc(Cl)c2)O[C@H]1c1ccc(C(C)C)cc1. The van der Waals surface area contributed by atoms with Crippen LogP contribution in [0.5, 0.6) is 0 Å². The zero-order chi connectivity index (χ0) is 17.3. The van der Waals surface area contributed by atoms with Crippen LogP contribution in [-0.2, 0) is 9.53 Å². The van der Waals surface area contributed by atoms with Crippen molar-refractivity contribution < 1.29 is 9.53 Å². The highest BCUT2D eigenvalue weighted by Crippen LogP contribution is 2.31. The topological polar surface area (TPSA) is 41.9 Å². The molecule has 0 aromatic heterocycles. The first kappa shape index (κ1) is 16.5. The minimum absolute atomic E-state index is 0.176. The Morgan fingerprint density at radius 2 is 1.92 bits per heavy atom. The number of carbonyl (C=O) groups excluding carboxylic acids is 1. The van der Waals surface area contributed by atoms with Gasteiger partial charge in [0.1, 0.15) is 0 Å². The van der Waals surface area contributed by atoms with Gasteiger partial charge in [-0.1, -0.05) is 55.8 Å². The second kappa shape index (κ2) is 6.65. The monoisotopic (exact) mass is 342 g/mol. The van der Waals surface area contributed by atoms with E-state index in [-0.39, 0.29) is 5.91 Å². The predicted molar refractivity (Wildman–Crippen MR) is 94.9 cm³/mol. The molecule has 0 saturated carbocycles. The first-order valence-electron chi connectivity index (χ1n) is 7.86. The van der Waals surface area contributed by atoms with Crippen LogP contribution < -0.4 is 0 Å². The zero-order valence-corrected chi connectivity index (χ0v) is 14.6. The molecule has 5 heteroatoms. The number of halogens is 1. The predicted octanol–water partition coefficient (Wildman–Crippen LogP) is 4.70. The Bertz CT molecular complexity index is 784. The summed E-state index contributed by atoms with van der Waals surface area (Å²) in [5.74, 6) is 0.668. The van der Waals surface area contributed by atoms with Crippen LogP contribution in [0.1, 0.15) is 49.6 Å². The Morgan fingerprint density at radius 3 is 2.50 bits per heavy atom. The summed E-state index contributed by atoms with van der Waals surface area (Å²) in [5, 5.41) is 6.29. The number of benzene rings is 2. The van der Waals surface area contributed by atoms with Crippen molar-refractivity contribution in [2.45, 2.75) is 32.9 Å². The number of hydrogen-bond acceptors (Lipinski definition) is 3. The molecule has 0 saturated heterocycles. The van der Waals surface area contributed by atoms with Crippen molar-refractivity contribution in [3.8, 4) is 0 Å². The van der Waals surface area contributed by atoms with Gasteiger partial charge >= 0.3 is 0 Å². The highest BCUT2D eigenvalue weighted by atomic mass is 35.5. The summed E-state index contributed by atoms with van der Waals surface area (Å²) in [6.07, 6.45) is -0.558. The molecule has 3 rings (SSSR count). The van der Waals surface area contributed by atoms with Gasteiger partial charge in [-0.2, -0.15) is 5.01 Å². The number of nitrogens with zero attached hydrogens (tertiary/aromatic N) is 2. The summed E-state index contributed by atoms with van der Waals surface area (Å²) in [4.78, 5) is 12.0. The normalized spacial score (nSPS) is 17.0. The lowest BCUT2D eigenvalue weighted by atomic mass is 10.0. The van der Waals surface area contributed by atoms with Gasteiger partial charge in [-0.25, -0.2) is 0 Å². The van der Waals surface area contributed by atoms with E-state index in [0.29, 0.717) is 16.8 Å². The maximum atomic E-state index is 12.0. The second-order valence-electron chi connectivity index (χ2n) is 6.07.